The van der Waals surface area contributed by atoms with E-state index in [2.05, 4.69) is 15.3 Å². The second kappa shape index (κ2) is 7.37. The number of para-hydroxylation sites is 2. The second-order valence-electron chi connectivity index (χ2n) is 5.16. The fourth-order valence-electron chi connectivity index (χ4n) is 2.40. The average molecular weight is 318 g/mol. The van der Waals surface area contributed by atoms with Crippen LogP contribution in [-0.4, -0.2) is 22.4 Å². The van der Waals surface area contributed by atoms with Crippen molar-refractivity contribution in [2.75, 3.05) is 16.8 Å². The molecule has 0 saturated heterocycles. The van der Waals surface area contributed by atoms with Gasteiger partial charge in [-0.3, -0.25) is 4.79 Å². The molecule has 3 rings (SSSR count). The number of carbonyl (C=O) groups excluding carboxylic acids is 1. The fourth-order valence-corrected chi connectivity index (χ4v) is 2.40. The maximum Gasteiger partial charge on any atom is 0.277 e. The van der Waals surface area contributed by atoms with E-state index in [9.17, 15) is 4.79 Å². The van der Waals surface area contributed by atoms with Crippen molar-refractivity contribution in [3.05, 3.63) is 78.8 Å². The Labute approximate surface area is 141 Å². The monoisotopic (exact) mass is 318 g/mol. The van der Waals surface area contributed by atoms with E-state index in [0.29, 0.717) is 18.1 Å². The first-order chi connectivity index (χ1) is 11.8. The lowest BCUT2D eigenvalue weighted by Gasteiger charge is -2.20. The van der Waals surface area contributed by atoms with E-state index in [1.54, 1.807) is 11.0 Å². The molecule has 0 saturated carbocycles. The third kappa shape index (κ3) is 3.57. The normalized spacial score (nSPS) is 10.2. The largest absolute Gasteiger partial charge is 0.340 e. The highest BCUT2D eigenvalue weighted by molar-refractivity contribution is 6.05. The molecule has 1 heterocycles. The van der Waals surface area contributed by atoms with Crippen LogP contribution in [0.15, 0.2) is 73.1 Å². The first-order valence-corrected chi connectivity index (χ1v) is 7.79. The summed E-state index contributed by atoms with van der Waals surface area (Å²) in [6, 6.07) is 20.9. The average Bonchev–Trinajstić information content (AvgIpc) is 2.64. The van der Waals surface area contributed by atoms with Crippen molar-refractivity contribution in [1.29, 1.82) is 0 Å². The van der Waals surface area contributed by atoms with Gasteiger partial charge in [-0.05, 0) is 31.2 Å². The minimum absolute atomic E-state index is 0.151. The van der Waals surface area contributed by atoms with Gasteiger partial charge in [0.25, 0.3) is 5.91 Å². The van der Waals surface area contributed by atoms with Crippen LogP contribution in [-0.2, 0) is 0 Å². The Morgan fingerprint density at radius 1 is 1.00 bits per heavy atom. The number of amides is 1. The highest BCUT2D eigenvalue weighted by Crippen LogP contribution is 2.18. The van der Waals surface area contributed by atoms with E-state index in [4.69, 9.17) is 0 Å². The molecule has 0 aliphatic heterocycles. The van der Waals surface area contributed by atoms with Gasteiger partial charge in [0.15, 0.2) is 0 Å². The first kappa shape index (κ1) is 15.7. The number of carbonyl (C=O) groups is 1. The number of rotatable bonds is 5. The third-order valence-electron chi connectivity index (χ3n) is 3.56. The topological polar surface area (TPSA) is 58.1 Å². The Balaban J connectivity index is 1.83. The summed E-state index contributed by atoms with van der Waals surface area (Å²) < 4.78 is 0. The number of hydrogen-bond donors (Lipinski definition) is 1. The highest BCUT2D eigenvalue weighted by atomic mass is 16.2. The van der Waals surface area contributed by atoms with Crippen LogP contribution in [0.3, 0.4) is 0 Å². The maximum absolute atomic E-state index is 12.8. The van der Waals surface area contributed by atoms with E-state index in [0.717, 1.165) is 11.4 Å². The zero-order chi connectivity index (χ0) is 16.8. The van der Waals surface area contributed by atoms with Crippen molar-refractivity contribution in [2.24, 2.45) is 0 Å². The lowest BCUT2D eigenvalue weighted by atomic mass is 10.2. The summed E-state index contributed by atoms with van der Waals surface area (Å²) >= 11 is 0. The molecule has 0 radical (unpaired) electrons. The molecule has 0 aliphatic rings. The van der Waals surface area contributed by atoms with Gasteiger partial charge in [-0.2, -0.15) is 0 Å². The summed E-state index contributed by atoms with van der Waals surface area (Å²) in [5.74, 6) is 0.436. The van der Waals surface area contributed by atoms with E-state index >= 15 is 0 Å². The predicted octanol–water partition coefficient (Wildman–Crippen LogP) is 3.89. The lowest BCUT2D eigenvalue weighted by Crippen LogP contribution is -2.31. The Kier molecular flexibility index (Phi) is 4.81. The van der Waals surface area contributed by atoms with Crippen LogP contribution in [0.25, 0.3) is 0 Å². The Morgan fingerprint density at radius 2 is 1.67 bits per heavy atom. The standard InChI is InChI=1S/C19H18N4O/c1-2-23(16-11-7-4-8-12-16)19(24)17-13-18(21-14-20-17)22-15-9-5-3-6-10-15/h3-14H,2H2,1H3,(H,20,21,22). The minimum atomic E-state index is -0.151. The van der Waals surface area contributed by atoms with Crippen LogP contribution in [0.5, 0.6) is 0 Å². The van der Waals surface area contributed by atoms with Gasteiger partial charge in [0.1, 0.15) is 17.8 Å². The Morgan fingerprint density at radius 3 is 2.33 bits per heavy atom. The molecule has 0 aliphatic carbocycles. The molecule has 0 bridgehead atoms. The molecule has 120 valence electrons. The summed E-state index contributed by atoms with van der Waals surface area (Å²) in [6.07, 6.45) is 1.40. The van der Waals surface area contributed by atoms with Crippen molar-refractivity contribution in [2.45, 2.75) is 6.92 Å². The molecule has 3 aromatic rings. The molecular weight excluding hydrogens is 300 g/mol. The number of hydrogen-bond acceptors (Lipinski definition) is 4. The molecule has 0 atom stereocenters. The number of nitrogens with one attached hydrogen (secondary N) is 1. The Hall–Kier alpha value is -3.21. The summed E-state index contributed by atoms with van der Waals surface area (Å²) in [7, 11) is 0. The number of aromatic nitrogens is 2. The SMILES string of the molecule is CCN(C(=O)c1cc(Nc2ccccc2)ncn1)c1ccccc1. The summed E-state index contributed by atoms with van der Waals surface area (Å²) in [6.45, 7) is 2.50. The van der Waals surface area contributed by atoms with Gasteiger partial charge in [0.2, 0.25) is 0 Å². The van der Waals surface area contributed by atoms with Gasteiger partial charge in [0, 0.05) is 24.0 Å². The molecule has 2 aromatic carbocycles. The van der Waals surface area contributed by atoms with Gasteiger partial charge in [-0.15, -0.1) is 0 Å². The molecule has 1 aromatic heterocycles. The molecule has 0 unspecified atom stereocenters. The quantitative estimate of drug-likeness (QED) is 0.775. The van der Waals surface area contributed by atoms with E-state index < -0.39 is 0 Å². The highest BCUT2D eigenvalue weighted by Gasteiger charge is 2.17. The van der Waals surface area contributed by atoms with Crippen molar-refractivity contribution >= 4 is 23.1 Å². The predicted molar refractivity (Wildman–Crippen MR) is 95.5 cm³/mol. The van der Waals surface area contributed by atoms with Crippen LogP contribution < -0.4 is 10.2 Å². The van der Waals surface area contributed by atoms with Crippen LogP contribution >= 0.6 is 0 Å². The fraction of sp³-hybridized carbons (Fsp3) is 0.105. The molecule has 24 heavy (non-hydrogen) atoms. The molecule has 0 fully saturated rings. The first-order valence-electron chi connectivity index (χ1n) is 7.79. The van der Waals surface area contributed by atoms with Crippen LogP contribution in [0.2, 0.25) is 0 Å². The summed E-state index contributed by atoms with van der Waals surface area (Å²) in [5.41, 5.74) is 2.11. The molecule has 0 spiro atoms. The maximum atomic E-state index is 12.8. The molecule has 5 nitrogen and oxygen atoms in total. The molecular formula is C19H18N4O. The van der Waals surface area contributed by atoms with Gasteiger partial charge < -0.3 is 10.2 Å². The van der Waals surface area contributed by atoms with E-state index in [-0.39, 0.29) is 5.91 Å². The smallest absolute Gasteiger partial charge is 0.277 e. The van der Waals surface area contributed by atoms with Crippen molar-refractivity contribution < 1.29 is 4.79 Å². The lowest BCUT2D eigenvalue weighted by molar-refractivity contribution is 0.0983. The van der Waals surface area contributed by atoms with E-state index in [1.807, 2.05) is 67.6 Å². The van der Waals surface area contributed by atoms with Gasteiger partial charge >= 0.3 is 0 Å². The molecule has 5 heteroatoms. The van der Waals surface area contributed by atoms with Crippen LogP contribution in [0, 0.1) is 0 Å². The third-order valence-corrected chi connectivity index (χ3v) is 3.56. The van der Waals surface area contributed by atoms with Crippen LogP contribution in [0.4, 0.5) is 17.2 Å². The number of anilines is 3. The summed E-state index contributed by atoms with van der Waals surface area (Å²) in [4.78, 5) is 22.8. The Bertz CT molecular complexity index is 806. The van der Waals surface area contributed by atoms with Gasteiger partial charge in [0.05, 0.1) is 0 Å². The van der Waals surface area contributed by atoms with Crippen molar-refractivity contribution in [3.63, 3.8) is 0 Å². The van der Waals surface area contributed by atoms with E-state index in [1.165, 1.54) is 6.33 Å². The zero-order valence-corrected chi connectivity index (χ0v) is 13.4. The second-order valence-corrected chi connectivity index (χ2v) is 5.16. The molecule has 1 N–H and O–H groups in total. The summed E-state index contributed by atoms with van der Waals surface area (Å²) in [5, 5.41) is 3.17. The van der Waals surface area contributed by atoms with Gasteiger partial charge in [-0.25, -0.2) is 9.97 Å². The number of nitrogens with zero attached hydrogens (tertiary/aromatic N) is 3. The van der Waals surface area contributed by atoms with Crippen LogP contribution in [0.1, 0.15) is 17.4 Å². The minimum Gasteiger partial charge on any atom is -0.340 e. The van der Waals surface area contributed by atoms with Gasteiger partial charge in [-0.1, -0.05) is 36.4 Å². The van der Waals surface area contributed by atoms with Crippen molar-refractivity contribution in [3.8, 4) is 0 Å². The number of benzene rings is 2. The van der Waals surface area contributed by atoms with Crippen molar-refractivity contribution in [1.82, 2.24) is 9.97 Å². The zero-order valence-electron chi connectivity index (χ0n) is 13.4. The molecule has 1 amide bonds.